The molecule has 2 aromatic carbocycles. The third kappa shape index (κ3) is 7.49. The fraction of sp³-hybridized carbons (Fsp3) is 0.316. The highest BCUT2D eigenvalue weighted by Crippen LogP contribution is 2.06. The molecule has 24 heavy (non-hydrogen) atoms. The molecule has 0 radical (unpaired) electrons. The highest BCUT2D eigenvalue weighted by Gasteiger charge is 2.04. The summed E-state index contributed by atoms with van der Waals surface area (Å²) >= 11 is 0. The van der Waals surface area contributed by atoms with Crippen LogP contribution in [0.1, 0.15) is 28.8 Å². The van der Waals surface area contributed by atoms with Crippen LogP contribution in [0.5, 0.6) is 0 Å². The van der Waals surface area contributed by atoms with Gasteiger partial charge in [-0.05, 0) is 43.0 Å². The number of carbonyl (C=O) groups excluding carboxylic acids is 1. The SMILES string of the molecule is Cl.Nc1cccc(C(=O)NCCCCOCCc2ccccc2)c1. The molecule has 0 fully saturated rings. The minimum Gasteiger partial charge on any atom is -0.399 e. The molecule has 1 amide bonds. The van der Waals surface area contributed by atoms with Gasteiger partial charge in [0.15, 0.2) is 0 Å². The third-order valence-electron chi connectivity index (χ3n) is 3.53. The van der Waals surface area contributed by atoms with Crippen molar-refractivity contribution in [2.45, 2.75) is 19.3 Å². The second-order valence-corrected chi connectivity index (χ2v) is 5.44. The molecule has 0 saturated carbocycles. The van der Waals surface area contributed by atoms with Crippen molar-refractivity contribution in [2.75, 3.05) is 25.5 Å². The molecule has 0 aliphatic carbocycles. The molecule has 0 bridgehead atoms. The maximum absolute atomic E-state index is 11.9. The van der Waals surface area contributed by atoms with Crippen LogP contribution in [0.25, 0.3) is 0 Å². The van der Waals surface area contributed by atoms with Crippen LogP contribution >= 0.6 is 12.4 Å². The van der Waals surface area contributed by atoms with E-state index in [9.17, 15) is 4.79 Å². The van der Waals surface area contributed by atoms with Crippen molar-refractivity contribution >= 4 is 24.0 Å². The molecule has 0 spiro atoms. The van der Waals surface area contributed by atoms with Crippen molar-refractivity contribution in [3.8, 4) is 0 Å². The summed E-state index contributed by atoms with van der Waals surface area (Å²) in [5, 5.41) is 2.89. The number of benzene rings is 2. The number of unbranched alkanes of at least 4 members (excludes halogenated alkanes) is 1. The van der Waals surface area contributed by atoms with Crippen LogP contribution in [0.4, 0.5) is 5.69 Å². The molecule has 0 aliphatic rings. The van der Waals surface area contributed by atoms with Gasteiger partial charge in [-0.15, -0.1) is 12.4 Å². The average molecular weight is 349 g/mol. The van der Waals surface area contributed by atoms with E-state index < -0.39 is 0 Å². The Balaban J connectivity index is 0.00000288. The first-order valence-electron chi connectivity index (χ1n) is 8.01. The maximum atomic E-state index is 11.9. The number of amides is 1. The lowest BCUT2D eigenvalue weighted by Gasteiger charge is -2.07. The Morgan fingerprint density at radius 3 is 2.54 bits per heavy atom. The molecule has 0 saturated heterocycles. The topological polar surface area (TPSA) is 64.4 Å². The quantitative estimate of drug-likeness (QED) is 0.538. The van der Waals surface area contributed by atoms with Gasteiger partial charge in [0.1, 0.15) is 0 Å². The summed E-state index contributed by atoms with van der Waals surface area (Å²) in [6, 6.07) is 17.3. The number of nitrogens with two attached hydrogens (primary N) is 1. The summed E-state index contributed by atoms with van der Waals surface area (Å²) in [6.45, 7) is 2.11. The second-order valence-electron chi connectivity index (χ2n) is 5.44. The number of ether oxygens (including phenoxy) is 1. The van der Waals surface area contributed by atoms with E-state index in [0.29, 0.717) is 17.8 Å². The van der Waals surface area contributed by atoms with Gasteiger partial charge in [-0.3, -0.25) is 4.79 Å². The Labute approximate surface area is 149 Å². The van der Waals surface area contributed by atoms with Gasteiger partial charge in [0, 0.05) is 24.4 Å². The van der Waals surface area contributed by atoms with Gasteiger partial charge in [-0.2, -0.15) is 0 Å². The average Bonchev–Trinajstić information content (AvgIpc) is 2.58. The standard InChI is InChI=1S/C19H24N2O2.ClH/c20-18-10-6-9-17(15-18)19(22)21-12-4-5-13-23-14-11-16-7-2-1-3-8-16;/h1-3,6-10,15H,4-5,11-14,20H2,(H,21,22);1H. The fourth-order valence-corrected chi connectivity index (χ4v) is 2.25. The van der Waals surface area contributed by atoms with Gasteiger partial charge in [0.05, 0.1) is 6.61 Å². The van der Waals surface area contributed by atoms with E-state index in [1.807, 2.05) is 18.2 Å². The van der Waals surface area contributed by atoms with Gasteiger partial charge in [-0.25, -0.2) is 0 Å². The molecule has 0 aliphatic heterocycles. The summed E-state index contributed by atoms with van der Waals surface area (Å²) in [7, 11) is 0. The number of rotatable bonds is 9. The Kier molecular flexibility index (Phi) is 9.58. The number of halogens is 1. The first-order valence-corrected chi connectivity index (χ1v) is 8.01. The van der Waals surface area contributed by atoms with E-state index in [1.165, 1.54) is 5.56 Å². The van der Waals surface area contributed by atoms with E-state index in [1.54, 1.807) is 24.3 Å². The van der Waals surface area contributed by atoms with Gasteiger partial charge >= 0.3 is 0 Å². The van der Waals surface area contributed by atoms with E-state index in [-0.39, 0.29) is 18.3 Å². The van der Waals surface area contributed by atoms with Crippen molar-refractivity contribution in [1.82, 2.24) is 5.32 Å². The predicted octanol–water partition coefficient (Wildman–Crippen LogP) is 3.46. The molecule has 2 rings (SSSR count). The zero-order valence-corrected chi connectivity index (χ0v) is 14.6. The van der Waals surface area contributed by atoms with Crippen LogP contribution in [0, 0.1) is 0 Å². The van der Waals surface area contributed by atoms with E-state index in [4.69, 9.17) is 10.5 Å². The molecule has 130 valence electrons. The van der Waals surface area contributed by atoms with Gasteiger partial charge in [0.2, 0.25) is 0 Å². The highest BCUT2D eigenvalue weighted by atomic mass is 35.5. The summed E-state index contributed by atoms with van der Waals surface area (Å²) in [5.41, 5.74) is 8.16. The number of nitrogen functional groups attached to an aromatic ring is 1. The lowest BCUT2D eigenvalue weighted by Crippen LogP contribution is -2.24. The number of nitrogens with one attached hydrogen (secondary N) is 1. The summed E-state index contributed by atoms with van der Waals surface area (Å²) in [5.74, 6) is -0.0812. The molecule has 0 heterocycles. The number of anilines is 1. The maximum Gasteiger partial charge on any atom is 0.251 e. The Hall–Kier alpha value is -2.04. The van der Waals surface area contributed by atoms with Crippen molar-refractivity contribution in [1.29, 1.82) is 0 Å². The lowest BCUT2D eigenvalue weighted by atomic mass is 10.2. The first-order chi connectivity index (χ1) is 11.3. The predicted molar refractivity (Wildman–Crippen MR) is 101 cm³/mol. The highest BCUT2D eigenvalue weighted by molar-refractivity contribution is 5.94. The molecule has 4 nitrogen and oxygen atoms in total. The number of carbonyl (C=O) groups is 1. The second kappa shape index (κ2) is 11.5. The normalized spacial score (nSPS) is 10.0. The Morgan fingerprint density at radius 2 is 1.79 bits per heavy atom. The molecule has 5 heteroatoms. The third-order valence-corrected chi connectivity index (χ3v) is 3.53. The zero-order valence-electron chi connectivity index (χ0n) is 13.7. The van der Waals surface area contributed by atoms with Crippen LogP contribution in [-0.2, 0) is 11.2 Å². The molecular weight excluding hydrogens is 324 g/mol. The van der Waals surface area contributed by atoms with Crippen LogP contribution in [-0.4, -0.2) is 25.7 Å². The minimum absolute atomic E-state index is 0. The van der Waals surface area contributed by atoms with Crippen molar-refractivity contribution < 1.29 is 9.53 Å². The van der Waals surface area contributed by atoms with Gasteiger partial charge in [0.25, 0.3) is 5.91 Å². The monoisotopic (exact) mass is 348 g/mol. The van der Waals surface area contributed by atoms with Crippen LogP contribution in [0.15, 0.2) is 54.6 Å². The van der Waals surface area contributed by atoms with Crippen LogP contribution in [0.2, 0.25) is 0 Å². The molecule has 0 atom stereocenters. The van der Waals surface area contributed by atoms with Crippen molar-refractivity contribution in [2.24, 2.45) is 0 Å². The van der Waals surface area contributed by atoms with Crippen LogP contribution in [0.3, 0.4) is 0 Å². The molecule has 2 aromatic rings. The molecule has 3 N–H and O–H groups in total. The largest absolute Gasteiger partial charge is 0.399 e. The Morgan fingerprint density at radius 1 is 1.00 bits per heavy atom. The van der Waals surface area contributed by atoms with Crippen molar-refractivity contribution in [3.63, 3.8) is 0 Å². The molecule has 0 unspecified atom stereocenters. The molecule has 0 aromatic heterocycles. The van der Waals surface area contributed by atoms with E-state index in [0.717, 1.165) is 32.5 Å². The summed E-state index contributed by atoms with van der Waals surface area (Å²) in [6.07, 6.45) is 2.78. The minimum atomic E-state index is -0.0812. The van der Waals surface area contributed by atoms with E-state index in [2.05, 4.69) is 17.4 Å². The molecular formula is C19H25ClN2O2. The first kappa shape index (κ1) is 20.0. The number of hydrogen-bond donors (Lipinski definition) is 2. The lowest BCUT2D eigenvalue weighted by molar-refractivity contribution is 0.0949. The zero-order chi connectivity index (χ0) is 16.3. The van der Waals surface area contributed by atoms with Gasteiger partial charge in [-0.1, -0.05) is 36.4 Å². The van der Waals surface area contributed by atoms with Crippen LogP contribution < -0.4 is 11.1 Å². The summed E-state index contributed by atoms with van der Waals surface area (Å²) in [4.78, 5) is 11.9. The Bertz CT molecular complexity index is 605. The van der Waals surface area contributed by atoms with Gasteiger partial charge < -0.3 is 15.8 Å². The number of hydrogen-bond acceptors (Lipinski definition) is 3. The van der Waals surface area contributed by atoms with Crippen molar-refractivity contribution in [3.05, 3.63) is 65.7 Å². The smallest absolute Gasteiger partial charge is 0.251 e. The fourth-order valence-electron chi connectivity index (χ4n) is 2.25. The summed E-state index contributed by atoms with van der Waals surface area (Å²) < 4.78 is 5.62. The van der Waals surface area contributed by atoms with E-state index >= 15 is 0 Å².